The predicted octanol–water partition coefficient (Wildman–Crippen LogP) is 6.19. The molecule has 1 heterocycles. The highest BCUT2D eigenvalue weighted by molar-refractivity contribution is 6.34. The largest absolute Gasteiger partial charge is 0.436 e. The van der Waals surface area contributed by atoms with Crippen molar-refractivity contribution in [3.63, 3.8) is 0 Å². The topological polar surface area (TPSA) is 55.1 Å². The lowest BCUT2D eigenvalue weighted by molar-refractivity contribution is 0.102. The molecule has 4 rings (SSSR count). The summed E-state index contributed by atoms with van der Waals surface area (Å²) in [6, 6.07) is 15.5. The van der Waals surface area contributed by atoms with Gasteiger partial charge in [0.25, 0.3) is 5.91 Å². The number of oxazole rings is 1. The second kappa shape index (κ2) is 7.02. The van der Waals surface area contributed by atoms with Gasteiger partial charge in [0.05, 0.1) is 10.7 Å². The second-order valence-electron chi connectivity index (χ2n) is 5.79. The van der Waals surface area contributed by atoms with E-state index in [2.05, 4.69) is 10.3 Å². The SMILES string of the molecule is O=C(Nc1cc(-c2nc3cc(Cl)ccc3o2)ccc1Cl)c1cccc(F)c1. The first kappa shape index (κ1) is 17.5. The van der Waals surface area contributed by atoms with Gasteiger partial charge in [0.2, 0.25) is 5.89 Å². The quantitative estimate of drug-likeness (QED) is 0.445. The number of fused-ring (bicyclic) bond motifs is 1. The highest BCUT2D eigenvalue weighted by atomic mass is 35.5. The molecular weight excluding hydrogens is 390 g/mol. The average molecular weight is 401 g/mol. The zero-order chi connectivity index (χ0) is 19.0. The Bertz CT molecular complexity index is 1170. The first-order valence-corrected chi connectivity index (χ1v) is 8.68. The van der Waals surface area contributed by atoms with Crippen molar-refractivity contribution < 1.29 is 13.6 Å². The van der Waals surface area contributed by atoms with Crippen LogP contribution in [0.1, 0.15) is 10.4 Å². The van der Waals surface area contributed by atoms with Crippen LogP contribution in [0, 0.1) is 5.82 Å². The molecule has 1 aromatic heterocycles. The highest BCUT2D eigenvalue weighted by Crippen LogP contribution is 2.31. The van der Waals surface area contributed by atoms with Gasteiger partial charge >= 0.3 is 0 Å². The molecule has 1 N–H and O–H groups in total. The number of carbonyl (C=O) groups excluding carboxylic acids is 1. The van der Waals surface area contributed by atoms with Crippen molar-refractivity contribution in [2.45, 2.75) is 0 Å². The summed E-state index contributed by atoms with van der Waals surface area (Å²) in [5.41, 5.74) is 2.39. The van der Waals surface area contributed by atoms with Crippen LogP contribution in [0.25, 0.3) is 22.6 Å². The van der Waals surface area contributed by atoms with Crippen LogP contribution in [-0.4, -0.2) is 10.9 Å². The molecule has 0 aliphatic heterocycles. The van der Waals surface area contributed by atoms with E-state index in [1.165, 1.54) is 18.2 Å². The molecule has 0 radical (unpaired) electrons. The number of nitrogens with one attached hydrogen (secondary N) is 1. The minimum Gasteiger partial charge on any atom is -0.436 e. The van der Waals surface area contributed by atoms with Crippen molar-refractivity contribution in [2.24, 2.45) is 0 Å². The van der Waals surface area contributed by atoms with Gasteiger partial charge in [0.15, 0.2) is 5.58 Å². The zero-order valence-electron chi connectivity index (χ0n) is 13.7. The Morgan fingerprint density at radius 1 is 1.04 bits per heavy atom. The van der Waals surface area contributed by atoms with E-state index in [0.717, 1.165) is 6.07 Å². The molecule has 0 atom stereocenters. The molecule has 0 aliphatic rings. The van der Waals surface area contributed by atoms with Gasteiger partial charge in [-0.3, -0.25) is 4.79 Å². The van der Waals surface area contributed by atoms with Crippen LogP contribution in [0.4, 0.5) is 10.1 Å². The number of halogens is 3. The molecule has 0 saturated heterocycles. The molecule has 0 saturated carbocycles. The van der Waals surface area contributed by atoms with E-state index in [1.54, 1.807) is 36.4 Å². The minimum atomic E-state index is -0.493. The van der Waals surface area contributed by atoms with E-state index in [1.807, 2.05) is 0 Å². The standard InChI is InChI=1S/C20H11Cl2FN2O2/c21-13-5-7-18-17(10-13)25-20(27-18)12-4-6-15(22)16(9-12)24-19(26)11-2-1-3-14(23)8-11/h1-10H,(H,24,26). The van der Waals surface area contributed by atoms with Crippen molar-refractivity contribution in [1.82, 2.24) is 4.98 Å². The monoisotopic (exact) mass is 400 g/mol. The molecule has 1 amide bonds. The Labute approximate surface area is 163 Å². The molecule has 4 aromatic rings. The third-order valence-corrected chi connectivity index (χ3v) is 4.46. The van der Waals surface area contributed by atoms with Gasteiger partial charge in [-0.05, 0) is 54.6 Å². The molecular formula is C20H11Cl2FN2O2. The Morgan fingerprint density at radius 3 is 2.70 bits per heavy atom. The van der Waals surface area contributed by atoms with E-state index >= 15 is 0 Å². The summed E-state index contributed by atoms with van der Waals surface area (Å²) >= 11 is 12.2. The first-order chi connectivity index (χ1) is 13.0. The summed E-state index contributed by atoms with van der Waals surface area (Å²) in [5, 5.41) is 3.57. The number of carbonyl (C=O) groups is 1. The number of nitrogens with zero attached hydrogens (tertiary/aromatic N) is 1. The van der Waals surface area contributed by atoms with Crippen LogP contribution >= 0.6 is 23.2 Å². The van der Waals surface area contributed by atoms with Gasteiger partial charge in [-0.25, -0.2) is 9.37 Å². The minimum absolute atomic E-state index is 0.188. The number of anilines is 1. The molecule has 0 unspecified atom stereocenters. The predicted molar refractivity (Wildman–Crippen MR) is 104 cm³/mol. The van der Waals surface area contributed by atoms with Gasteiger partial charge < -0.3 is 9.73 Å². The molecule has 3 aromatic carbocycles. The average Bonchev–Trinajstić information content (AvgIpc) is 3.06. The molecule has 4 nitrogen and oxygen atoms in total. The summed E-state index contributed by atoms with van der Waals surface area (Å²) in [6.07, 6.45) is 0. The highest BCUT2D eigenvalue weighted by Gasteiger charge is 2.13. The molecule has 0 spiro atoms. The van der Waals surface area contributed by atoms with Crippen LogP contribution in [0.3, 0.4) is 0 Å². The van der Waals surface area contributed by atoms with E-state index in [0.29, 0.717) is 38.3 Å². The normalized spacial score (nSPS) is 10.9. The third kappa shape index (κ3) is 3.65. The van der Waals surface area contributed by atoms with Gasteiger partial charge in [-0.1, -0.05) is 29.3 Å². The fourth-order valence-corrected chi connectivity index (χ4v) is 2.93. The van der Waals surface area contributed by atoms with Crippen molar-refractivity contribution in [3.8, 4) is 11.5 Å². The lowest BCUT2D eigenvalue weighted by atomic mass is 10.1. The van der Waals surface area contributed by atoms with E-state index in [4.69, 9.17) is 27.6 Å². The third-order valence-electron chi connectivity index (χ3n) is 3.90. The van der Waals surface area contributed by atoms with Crippen molar-refractivity contribution in [2.75, 3.05) is 5.32 Å². The number of aromatic nitrogens is 1. The maximum atomic E-state index is 13.3. The lowest BCUT2D eigenvalue weighted by Crippen LogP contribution is -2.12. The number of hydrogen-bond donors (Lipinski definition) is 1. The first-order valence-electron chi connectivity index (χ1n) is 7.92. The van der Waals surface area contributed by atoms with E-state index in [9.17, 15) is 9.18 Å². The van der Waals surface area contributed by atoms with Crippen molar-refractivity contribution in [3.05, 3.63) is 82.1 Å². The number of benzene rings is 3. The number of hydrogen-bond acceptors (Lipinski definition) is 3. The molecule has 27 heavy (non-hydrogen) atoms. The molecule has 0 bridgehead atoms. The van der Waals surface area contributed by atoms with Gasteiger partial charge in [-0.2, -0.15) is 0 Å². The van der Waals surface area contributed by atoms with Crippen LogP contribution < -0.4 is 5.32 Å². The lowest BCUT2D eigenvalue weighted by Gasteiger charge is -2.08. The summed E-state index contributed by atoms with van der Waals surface area (Å²) in [5.74, 6) is -0.601. The van der Waals surface area contributed by atoms with E-state index in [-0.39, 0.29) is 5.56 Å². The van der Waals surface area contributed by atoms with Crippen LogP contribution in [0.5, 0.6) is 0 Å². The Hall–Kier alpha value is -2.89. The summed E-state index contributed by atoms with van der Waals surface area (Å²) in [6.45, 7) is 0. The van der Waals surface area contributed by atoms with E-state index < -0.39 is 11.7 Å². The van der Waals surface area contributed by atoms with Crippen molar-refractivity contribution in [1.29, 1.82) is 0 Å². The molecule has 0 fully saturated rings. The zero-order valence-corrected chi connectivity index (χ0v) is 15.2. The maximum Gasteiger partial charge on any atom is 0.255 e. The second-order valence-corrected chi connectivity index (χ2v) is 6.63. The van der Waals surface area contributed by atoms with Crippen LogP contribution in [0.15, 0.2) is 65.1 Å². The summed E-state index contributed by atoms with van der Waals surface area (Å²) in [4.78, 5) is 16.8. The fourth-order valence-electron chi connectivity index (χ4n) is 2.60. The fraction of sp³-hybridized carbons (Fsp3) is 0. The molecule has 134 valence electrons. The van der Waals surface area contributed by atoms with Crippen LogP contribution in [0.2, 0.25) is 10.0 Å². The maximum absolute atomic E-state index is 13.3. The van der Waals surface area contributed by atoms with Gasteiger partial charge in [0, 0.05) is 16.1 Å². The molecule has 0 aliphatic carbocycles. The Morgan fingerprint density at radius 2 is 1.89 bits per heavy atom. The van der Waals surface area contributed by atoms with Crippen LogP contribution in [-0.2, 0) is 0 Å². The van der Waals surface area contributed by atoms with Crippen molar-refractivity contribution >= 4 is 45.9 Å². The Kier molecular flexibility index (Phi) is 4.56. The number of amides is 1. The van der Waals surface area contributed by atoms with Gasteiger partial charge in [0.1, 0.15) is 11.3 Å². The Balaban J connectivity index is 1.67. The summed E-state index contributed by atoms with van der Waals surface area (Å²) < 4.78 is 19.1. The number of rotatable bonds is 3. The molecule has 7 heteroatoms. The smallest absolute Gasteiger partial charge is 0.255 e. The summed E-state index contributed by atoms with van der Waals surface area (Å²) in [7, 11) is 0. The van der Waals surface area contributed by atoms with Gasteiger partial charge in [-0.15, -0.1) is 0 Å².